The van der Waals surface area contributed by atoms with Crippen molar-refractivity contribution >= 4 is 51.8 Å². The molecule has 1 unspecified atom stereocenters. The summed E-state index contributed by atoms with van der Waals surface area (Å²) in [6.07, 6.45) is -1.49. The van der Waals surface area contributed by atoms with E-state index in [9.17, 15) is 19.1 Å². The molecular formula is C3H9CaO8P. The van der Waals surface area contributed by atoms with E-state index in [0.717, 1.165) is 0 Å². The minimum Gasteiger partial charge on any atom is -0.790 e. The summed E-state index contributed by atoms with van der Waals surface area (Å²) < 4.78 is 13.2. The Kier molecular flexibility index (Phi) is 20.0. The summed E-state index contributed by atoms with van der Waals surface area (Å²) in [5.74, 6) is 0. The van der Waals surface area contributed by atoms with Crippen molar-refractivity contribution in [3.63, 3.8) is 0 Å². The first-order chi connectivity index (χ1) is 4.45. The standard InChI is InChI=1S/C3H7O6P.Ca.2H2O/c4-1-3(5)2-9-10(6,7)8;;;/h1,3,5H,2H2,(H2,6,7,8);;2*1H2/q;+2;;/p-2. The molecule has 0 aromatic rings. The van der Waals surface area contributed by atoms with Crippen LogP contribution in [-0.2, 0) is 13.9 Å². The normalized spacial score (nSPS) is 11.3. The predicted octanol–water partition coefficient (Wildman–Crippen LogP) is -4.64. The molecule has 0 aromatic carbocycles. The van der Waals surface area contributed by atoms with Crippen LogP contribution in [0.2, 0.25) is 0 Å². The average Bonchev–Trinajstić information content (AvgIpc) is 1.81. The van der Waals surface area contributed by atoms with Gasteiger partial charge in [-0.15, -0.1) is 0 Å². The molecule has 0 aromatic heterocycles. The number of hydrogen-bond acceptors (Lipinski definition) is 6. The Balaban J connectivity index is -0.000000135. The van der Waals surface area contributed by atoms with Gasteiger partial charge in [0.05, 0.1) is 14.4 Å². The quantitative estimate of drug-likeness (QED) is 0.295. The third kappa shape index (κ3) is 19.4. The van der Waals surface area contributed by atoms with Gasteiger partial charge in [0.15, 0.2) is 6.29 Å². The third-order valence-electron chi connectivity index (χ3n) is 0.560. The zero-order valence-electron chi connectivity index (χ0n) is 6.50. The van der Waals surface area contributed by atoms with Gasteiger partial charge in [0, 0.05) is 0 Å². The van der Waals surface area contributed by atoms with Crippen molar-refractivity contribution in [3.8, 4) is 0 Å². The number of phosphoric ester groups is 1. The van der Waals surface area contributed by atoms with Gasteiger partial charge in [-0.2, -0.15) is 0 Å². The molecule has 0 spiro atoms. The molecule has 0 heterocycles. The predicted molar refractivity (Wildman–Crippen MR) is 38.6 cm³/mol. The minimum atomic E-state index is -5.05. The van der Waals surface area contributed by atoms with Crippen molar-refractivity contribution in [2.24, 2.45) is 0 Å². The number of aliphatic hydroxyl groups excluding tert-OH is 1. The molecule has 13 heavy (non-hydrogen) atoms. The summed E-state index contributed by atoms with van der Waals surface area (Å²) in [5, 5.41) is 8.33. The van der Waals surface area contributed by atoms with Gasteiger partial charge in [-0.05, 0) is 0 Å². The summed E-state index contributed by atoms with van der Waals surface area (Å²) in [5.41, 5.74) is 0. The third-order valence-corrected chi connectivity index (χ3v) is 1.03. The summed E-state index contributed by atoms with van der Waals surface area (Å²) in [4.78, 5) is 28.9. The maximum atomic E-state index is 9.67. The summed E-state index contributed by atoms with van der Waals surface area (Å²) in [6, 6.07) is 0. The van der Waals surface area contributed by atoms with E-state index >= 15 is 0 Å². The first-order valence-electron chi connectivity index (χ1n) is 2.25. The summed E-state index contributed by atoms with van der Waals surface area (Å²) >= 11 is 0. The number of aliphatic hydroxyl groups is 1. The molecule has 0 amide bonds. The van der Waals surface area contributed by atoms with Crippen LogP contribution in [0.25, 0.3) is 0 Å². The molecule has 10 heteroatoms. The van der Waals surface area contributed by atoms with Crippen molar-refractivity contribution in [3.05, 3.63) is 0 Å². The van der Waals surface area contributed by atoms with E-state index < -0.39 is 20.5 Å². The first kappa shape index (κ1) is 23.6. The maximum absolute atomic E-state index is 9.67. The number of hydrogen-bond donors (Lipinski definition) is 1. The number of rotatable bonds is 4. The zero-order valence-corrected chi connectivity index (χ0v) is 9.61. The second kappa shape index (κ2) is 11.0. The fourth-order valence-corrected chi connectivity index (χ4v) is 0.542. The number of aldehydes is 1. The number of phosphoric acid groups is 1. The topological polar surface area (TPSA) is 173 Å². The first-order valence-corrected chi connectivity index (χ1v) is 3.72. The van der Waals surface area contributed by atoms with E-state index in [1.807, 2.05) is 0 Å². The van der Waals surface area contributed by atoms with Crippen LogP contribution in [0.3, 0.4) is 0 Å². The average molecular weight is 244 g/mol. The van der Waals surface area contributed by atoms with Gasteiger partial charge < -0.3 is 39.7 Å². The Morgan fingerprint density at radius 3 is 2.08 bits per heavy atom. The van der Waals surface area contributed by atoms with E-state index in [2.05, 4.69) is 4.52 Å². The molecular weight excluding hydrogens is 235 g/mol. The van der Waals surface area contributed by atoms with Gasteiger partial charge in [0.1, 0.15) is 6.10 Å². The molecule has 0 rings (SSSR count). The Labute approximate surface area is 104 Å². The van der Waals surface area contributed by atoms with Gasteiger partial charge in [-0.3, -0.25) is 0 Å². The molecule has 0 radical (unpaired) electrons. The van der Waals surface area contributed by atoms with Gasteiger partial charge in [-0.1, -0.05) is 0 Å². The second-order valence-corrected chi connectivity index (χ2v) is 2.60. The SMILES string of the molecule is O.O.O=CC(O)COP(=O)([O-])[O-].[Ca+2]. The van der Waals surface area contributed by atoms with E-state index in [-0.39, 0.29) is 55.0 Å². The van der Waals surface area contributed by atoms with Crippen LogP contribution >= 0.6 is 7.82 Å². The monoisotopic (exact) mass is 244 g/mol. The molecule has 0 saturated carbocycles. The fourth-order valence-electron chi connectivity index (χ4n) is 0.207. The zero-order chi connectivity index (χ0) is 8.20. The van der Waals surface area contributed by atoms with Crippen LogP contribution in [0.1, 0.15) is 0 Å². The smallest absolute Gasteiger partial charge is 0.790 e. The minimum absolute atomic E-state index is 0. The Bertz CT molecular complexity index is 155. The Hall–Kier alpha value is 0.920. The number of carbonyl (C=O) groups is 1. The van der Waals surface area contributed by atoms with Crippen LogP contribution in [0.4, 0.5) is 0 Å². The van der Waals surface area contributed by atoms with Crippen molar-refractivity contribution in [1.82, 2.24) is 0 Å². The molecule has 0 aliphatic rings. The molecule has 1 atom stereocenters. The molecule has 76 valence electrons. The largest absolute Gasteiger partial charge is 2.00 e. The van der Waals surface area contributed by atoms with Crippen molar-refractivity contribution in [2.45, 2.75) is 6.10 Å². The van der Waals surface area contributed by atoms with Crippen LogP contribution < -0.4 is 9.79 Å². The Morgan fingerprint density at radius 2 is 1.85 bits per heavy atom. The van der Waals surface area contributed by atoms with Gasteiger partial charge in [-0.25, -0.2) is 0 Å². The molecule has 0 bridgehead atoms. The second-order valence-electron chi connectivity index (χ2n) is 1.45. The molecule has 0 aliphatic heterocycles. The van der Waals surface area contributed by atoms with Crippen LogP contribution in [0.5, 0.6) is 0 Å². The number of carbonyl (C=O) groups excluding carboxylic acids is 1. The van der Waals surface area contributed by atoms with Crippen LogP contribution in [0.15, 0.2) is 0 Å². The van der Waals surface area contributed by atoms with Crippen molar-refractivity contribution < 1.29 is 39.7 Å². The van der Waals surface area contributed by atoms with Crippen molar-refractivity contribution in [1.29, 1.82) is 0 Å². The molecule has 5 N–H and O–H groups in total. The summed E-state index contributed by atoms with van der Waals surface area (Å²) in [7, 11) is -5.05. The van der Waals surface area contributed by atoms with Crippen molar-refractivity contribution in [2.75, 3.05) is 6.61 Å². The van der Waals surface area contributed by atoms with E-state index in [0.29, 0.717) is 0 Å². The molecule has 0 aliphatic carbocycles. The fraction of sp³-hybridized carbons (Fsp3) is 0.667. The summed E-state index contributed by atoms with van der Waals surface area (Å²) in [6.45, 7) is -0.812. The Morgan fingerprint density at radius 1 is 1.46 bits per heavy atom. The molecule has 0 saturated heterocycles. The van der Waals surface area contributed by atoms with Crippen LogP contribution in [-0.4, -0.2) is 72.8 Å². The van der Waals surface area contributed by atoms with Gasteiger partial charge in [0.25, 0.3) is 0 Å². The van der Waals surface area contributed by atoms with E-state index in [4.69, 9.17) is 5.11 Å². The molecule has 0 fully saturated rings. The van der Waals surface area contributed by atoms with E-state index in [1.54, 1.807) is 0 Å². The van der Waals surface area contributed by atoms with Crippen LogP contribution in [0, 0.1) is 0 Å². The maximum Gasteiger partial charge on any atom is 2.00 e. The van der Waals surface area contributed by atoms with Gasteiger partial charge >= 0.3 is 37.7 Å². The van der Waals surface area contributed by atoms with Gasteiger partial charge in [0.2, 0.25) is 0 Å². The van der Waals surface area contributed by atoms with E-state index in [1.165, 1.54) is 0 Å². The molecule has 8 nitrogen and oxygen atoms in total.